The first-order valence-electron chi connectivity index (χ1n) is 10.6. The molecule has 6 nitrogen and oxygen atoms in total. The van der Waals surface area contributed by atoms with Gasteiger partial charge in [0.15, 0.2) is 5.78 Å². The minimum atomic E-state index is -3.71. The van der Waals surface area contributed by atoms with Crippen LogP contribution in [0.3, 0.4) is 0 Å². The smallest absolute Gasteiger partial charge is 0.238 e. The van der Waals surface area contributed by atoms with Gasteiger partial charge < -0.3 is 10.3 Å². The average molecular weight is 516 g/mol. The number of rotatable bonds is 9. The molecule has 0 radical (unpaired) electrons. The molecule has 0 spiro atoms. The second-order valence-electron chi connectivity index (χ2n) is 7.96. The Hall–Kier alpha value is -2.68. The number of halogens is 2. The number of nitrogens with two attached hydrogens (primary N) is 1. The lowest BCUT2D eigenvalue weighted by Crippen LogP contribution is -2.28. The third-order valence-electron chi connectivity index (χ3n) is 5.72. The van der Waals surface area contributed by atoms with Crippen molar-refractivity contribution in [1.82, 2.24) is 10.3 Å². The third kappa shape index (κ3) is 5.35. The minimum absolute atomic E-state index is 0.0270. The number of nitrogens with one attached hydrogen (secondary N) is 2. The van der Waals surface area contributed by atoms with Gasteiger partial charge in [-0.05, 0) is 42.3 Å². The van der Waals surface area contributed by atoms with Gasteiger partial charge in [0.2, 0.25) is 10.0 Å². The van der Waals surface area contributed by atoms with E-state index in [1.807, 2.05) is 30.3 Å². The first kappa shape index (κ1) is 24.4. The Labute approximate surface area is 208 Å². The number of sulfonamides is 1. The summed E-state index contributed by atoms with van der Waals surface area (Å²) in [5.74, 6) is -0.430. The van der Waals surface area contributed by atoms with E-state index in [0.29, 0.717) is 40.6 Å². The lowest BCUT2D eigenvalue weighted by Gasteiger charge is -2.17. The molecule has 0 aliphatic carbocycles. The Kier molecular flexibility index (Phi) is 7.40. The van der Waals surface area contributed by atoms with Crippen LogP contribution in [-0.4, -0.2) is 32.3 Å². The number of aromatic nitrogens is 1. The fourth-order valence-electron chi connectivity index (χ4n) is 3.90. The van der Waals surface area contributed by atoms with E-state index < -0.39 is 15.9 Å². The third-order valence-corrected chi connectivity index (χ3v) is 7.45. The van der Waals surface area contributed by atoms with E-state index in [9.17, 15) is 13.2 Å². The summed E-state index contributed by atoms with van der Waals surface area (Å²) in [5, 5.41) is 10.1. The van der Waals surface area contributed by atoms with Crippen molar-refractivity contribution < 1.29 is 13.2 Å². The number of fused-ring (bicyclic) bond motifs is 1. The Morgan fingerprint density at radius 3 is 2.38 bits per heavy atom. The zero-order valence-electron chi connectivity index (χ0n) is 18.1. The van der Waals surface area contributed by atoms with Crippen molar-refractivity contribution in [3.05, 3.63) is 99.7 Å². The van der Waals surface area contributed by atoms with Crippen molar-refractivity contribution in [2.24, 2.45) is 5.14 Å². The lowest BCUT2D eigenvalue weighted by molar-refractivity contribution is 0.0960. The minimum Gasteiger partial charge on any atom is -0.359 e. The van der Waals surface area contributed by atoms with E-state index in [-0.39, 0.29) is 10.7 Å². The van der Waals surface area contributed by atoms with E-state index in [4.69, 9.17) is 28.3 Å². The Morgan fingerprint density at radius 1 is 1.00 bits per heavy atom. The van der Waals surface area contributed by atoms with Crippen molar-refractivity contribution in [1.29, 1.82) is 0 Å². The van der Waals surface area contributed by atoms with E-state index in [2.05, 4.69) is 10.3 Å². The highest BCUT2D eigenvalue weighted by atomic mass is 35.5. The first-order valence-corrected chi connectivity index (χ1v) is 12.9. The molecule has 176 valence electrons. The van der Waals surface area contributed by atoms with Crippen LogP contribution in [0.1, 0.15) is 27.4 Å². The number of primary sulfonamides is 1. The number of carbonyl (C=O) groups excluding carboxylic acids is 1. The fraction of sp³-hybridized carbons (Fsp3) is 0.160. The van der Waals surface area contributed by atoms with Gasteiger partial charge in [-0.2, -0.15) is 0 Å². The fourth-order valence-corrected chi connectivity index (χ4v) is 4.79. The summed E-state index contributed by atoms with van der Waals surface area (Å²) in [6, 6.07) is 19.6. The van der Waals surface area contributed by atoms with Crippen molar-refractivity contribution in [2.75, 3.05) is 13.1 Å². The molecule has 0 fully saturated rings. The summed E-state index contributed by atoms with van der Waals surface area (Å²) in [4.78, 5) is 16.8. The van der Waals surface area contributed by atoms with Gasteiger partial charge in [0.25, 0.3) is 0 Å². The zero-order valence-corrected chi connectivity index (χ0v) is 20.4. The Morgan fingerprint density at radius 2 is 1.71 bits per heavy atom. The van der Waals surface area contributed by atoms with E-state index >= 15 is 0 Å². The van der Waals surface area contributed by atoms with Crippen LogP contribution in [-0.2, 0) is 16.4 Å². The molecular formula is C25H23Cl2N3O3S. The monoisotopic (exact) mass is 515 g/mol. The number of Topliss-reactive ketones (excluding diaryl/α,β-unsaturated/α-hetero) is 1. The number of carbonyl (C=O) groups is 1. The predicted octanol–water partition coefficient (Wildman–Crippen LogP) is 4.92. The molecule has 4 aromatic rings. The molecule has 3 aromatic carbocycles. The lowest BCUT2D eigenvalue weighted by atomic mass is 9.90. The summed E-state index contributed by atoms with van der Waals surface area (Å²) in [6.07, 6.45) is 2.35. The van der Waals surface area contributed by atoms with Crippen molar-refractivity contribution >= 4 is 49.9 Å². The topological polar surface area (TPSA) is 105 Å². The molecule has 9 heteroatoms. The number of benzene rings is 3. The molecule has 1 heterocycles. The molecule has 0 aliphatic heterocycles. The number of H-pyrrole nitrogens is 1. The second kappa shape index (κ2) is 10.3. The van der Waals surface area contributed by atoms with E-state index in [0.717, 1.165) is 16.5 Å². The van der Waals surface area contributed by atoms with Crippen LogP contribution in [0.4, 0.5) is 0 Å². The van der Waals surface area contributed by atoms with Gasteiger partial charge in [0.05, 0.1) is 26.4 Å². The highest BCUT2D eigenvalue weighted by Gasteiger charge is 2.25. The quantitative estimate of drug-likeness (QED) is 0.217. The molecule has 1 atom stereocenters. The van der Waals surface area contributed by atoms with Gasteiger partial charge in [-0.25, -0.2) is 13.6 Å². The molecule has 0 amide bonds. The van der Waals surface area contributed by atoms with Crippen LogP contribution in [0.15, 0.2) is 77.8 Å². The van der Waals surface area contributed by atoms with Crippen LogP contribution in [0.5, 0.6) is 0 Å². The summed E-state index contributed by atoms with van der Waals surface area (Å²) in [6.45, 7) is 1.05. The number of hydrogen-bond donors (Lipinski definition) is 3. The van der Waals surface area contributed by atoms with Gasteiger partial charge in [0.1, 0.15) is 0 Å². The molecular weight excluding hydrogens is 493 g/mol. The molecule has 34 heavy (non-hydrogen) atoms. The van der Waals surface area contributed by atoms with Crippen LogP contribution in [0.25, 0.3) is 10.9 Å². The van der Waals surface area contributed by atoms with Gasteiger partial charge in [-0.1, -0.05) is 71.7 Å². The van der Waals surface area contributed by atoms with E-state index in [1.165, 1.54) is 12.1 Å². The number of ketones is 1. The van der Waals surface area contributed by atoms with Crippen molar-refractivity contribution in [3.63, 3.8) is 0 Å². The molecule has 1 aromatic heterocycles. The van der Waals surface area contributed by atoms with Gasteiger partial charge in [0, 0.05) is 23.7 Å². The summed E-state index contributed by atoms with van der Waals surface area (Å²) >= 11 is 12.4. The first-order chi connectivity index (χ1) is 16.3. The normalized spacial score (nSPS) is 12.7. The maximum Gasteiger partial charge on any atom is 0.238 e. The maximum atomic E-state index is 13.6. The van der Waals surface area contributed by atoms with Crippen molar-refractivity contribution in [2.45, 2.75) is 17.2 Å². The standard InChI is InChI=1S/C25H23Cl2N3O3S/c26-22-11-10-19-21(15-30-24(19)23(22)27)25(31)20(17-4-2-1-3-5-17)14-29-13-12-16-6-8-18(9-7-16)34(28,32)33/h1-11,15,20,29-30H,12-14H2,(H2,28,32,33). The van der Waals surface area contributed by atoms with Crippen LogP contribution >= 0.6 is 23.2 Å². The molecule has 0 aliphatic rings. The predicted molar refractivity (Wildman–Crippen MR) is 136 cm³/mol. The summed E-state index contributed by atoms with van der Waals surface area (Å²) in [5.41, 5.74) is 3.07. The van der Waals surface area contributed by atoms with Gasteiger partial charge in [-0.3, -0.25) is 4.79 Å². The largest absolute Gasteiger partial charge is 0.359 e. The molecule has 0 saturated heterocycles. The highest BCUT2D eigenvalue weighted by molar-refractivity contribution is 7.89. The molecule has 0 saturated carbocycles. The van der Waals surface area contributed by atoms with Crippen LogP contribution in [0.2, 0.25) is 10.0 Å². The number of hydrogen-bond acceptors (Lipinski definition) is 4. The summed E-state index contributed by atoms with van der Waals surface area (Å²) in [7, 11) is -3.71. The van der Waals surface area contributed by atoms with Gasteiger partial charge in [-0.15, -0.1) is 0 Å². The molecule has 4 N–H and O–H groups in total. The average Bonchev–Trinajstić information content (AvgIpc) is 3.26. The van der Waals surface area contributed by atoms with Crippen LogP contribution in [0, 0.1) is 0 Å². The molecule has 0 bridgehead atoms. The van der Waals surface area contributed by atoms with Gasteiger partial charge >= 0.3 is 0 Å². The molecule has 1 unspecified atom stereocenters. The Bertz CT molecular complexity index is 1420. The Balaban J connectivity index is 1.49. The van der Waals surface area contributed by atoms with E-state index in [1.54, 1.807) is 30.5 Å². The van der Waals surface area contributed by atoms with Crippen LogP contribution < -0.4 is 10.5 Å². The zero-order chi connectivity index (χ0) is 24.3. The highest BCUT2D eigenvalue weighted by Crippen LogP contribution is 2.33. The summed E-state index contributed by atoms with van der Waals surface area (Å²) < 4.78 is 22.8. The maximum absolute atomic E-state index is 13.6. The van der Waals surface area contributed by atoms with Crippen molar-refractivity contribution in [3.8, 4) is 0 Å². The SMILES string of the molecule is NS(=O)(=O)c1ccc(CCNCC(C(=O)c2c[nH]c3c(Cl)c(Cl)ccc23)c2ccccc2)cc1. The molecule has 4 rings (SSSR count). The number of aromatic amines is 1. The second-order valence-corrected chi connectivity index (χ2v) is 10.3.